The lowest BCUT2D eigenvalue weighted by molar-refractivity contribution is -0.141. The molecule has 0 fully saturated rings. The molecule has 1 atom stereocenters. The number of carboxylic acid groups (broad SMARTS) is 1. The van der Waals surface area contributed by atoms with Crippen molar-refractivity contribution in [2.45, 2.75) is 33.1 Å². The van der Waals surface area contributed by atoms with Crippen molar-refractivity contribution in [2.75, 3.05) is 19.6 Å². The Bertz CT molecular complexity index is 261. The number of allylic oxidation sites excluding steroid dienone is 1. The topological polar surface area (TPSA) is 40.5 Å². The summed E-state index contributed by atoms with van der Waals surface area (Å²) in [5.74, 6) is -0.940. The zero-order valence-electron chi connectivity index (χ0n) is 11.1. The molecule has 0 amide bonds. The minimum absolute atomic E-state index is 0.239. The Morgan fingerprint density at radius 1 is 1.47 bits per heavy atom. The van der Waals surface area contributed by atoms with Gasteiger partial charge in [-0.25, -0.2) is 0 Å². The molecule has 0 radical (unpaired) electrons. The van der Waals surface area contributed by atoms with E-state index >= 15 is 0 Å². The molecule has 0 aromatic rings. The van der Waals surface area contributed by atoms with Crippen LogP contribution in [-0.4, -0.2) is 35.6 Å². The van der Waals surface area contributed by atoms with E-state index in [-0.39, 0.29) is 5.92 Å². The number of carbonyl (C=O) groups is 1. The van der Waals surface area contributed by atoms with E-state index in [9.17, 15) is 4.79 Å². The van der Waals surface area contributed by atoms with Crippen LogP contribution in [0.5, 0.6) is 0 Å². The molecular weight excluding hydrogens is 214 g/mol. The molecule has 1 N–H and O–H groups in total. The first-order valence-electron chi connectivity index (χ1n) is 6.26. The van der Waals surface area contributed by atoms with Gasteiger partial charge in [-0.05, 0) is 32.4 Å². The van der Waals surface area contributed by atoms with Crippen LogP contribution in [0, 0.1) is 5.92 Å². The molecule has 3 heteroatoms. The minimum atomic E-state index is -0.701. The van der Waals surface area contributed by atoms with Gasteiger partial charge >= 0.3 is 5.97 Å². The molecule has 0 rings (SSSR count). The van der Waals surface area contributed by atoms with Crippen LogP contribution in [0.1, 0.15) is 33.1 Å². The van der Waals surface area contributed by atoms with Crippen LogP contribution in [0.25, 0.3) is 0 Å². The highest BCUT2D eigenvalue weighted by Gasteiger charge is 2.11. The largest absolute Gasteiger partial charge is 0.481 e. The summed E-state index contributed by atoms with van der Waals surface area (Å²) < 4.78 is 0. The Hall–Kier alpha value is -1.09. The number of aliphatic carboxylic acids is 1. The monoisotopic (exact) mass is 239 g/mol. The predicted molar refractivity (Wildman–Crippen MR) is 72.1 cm³/mol. The molecule has 0 aromatic carbocycles. The summed E-state index contributed by atoms with van der Waals surface area (Å²) in [6, 6.07) is 0. The molecule has 0 aliphatic rings. The van der Waals surface area contributed by atoms with Crippen LogP contribution in [0.4, 0.5) is 0 Å². The first-order valence-corrected chi connectivity index (χ1v) is 6.26. The van der Waals surface area contributed by atoms with E-state index in [0.29, 0.717) is 0 Å². The highest BCUT2D eigenvalue weighted by molar-refractivity contribution is 5.69. The maximum Gasteiger partial charge on any atom is 0.306 e. The number of nitrogens with zero attached hydrogens (tertiary/aromatic N) is 1. The fourth-order valence-electron chi connectivity index (χ4n) is 1.58. The first kappa shape index (κ1) is 15.9. The molecule has 1 unspecified atom stereocenters. The van der Waals surface area contributed by atoms with Crippen LogP contribution in [0.3, 0.4) is 0 Å². The van der Waals surface area contributed by atoms with E-state index in [1.807, 2.05) is 0 Å². The molecule has 0 heterocycles. The van der Waals surface area contributed by atoms with Crippen LogP contribution in [0.2, 0.25) is 0 Å². The summed E-state index contributed by atoms with van der Waals surface area (Å²) in [5.41, 5.74) is 1.06. The summed E-state index contributed by atoms with van der Waals surface area (Å²) in [4.78, 5) is 13.0. The van der Waals surface area contributed by atoms with Crippen molar-refractivity contribution in [3.8, 4) is 0 Å². The number of rotatable bonds is 10. The molecular formula is C14H25NO2. The van der Waals surface area contributed by atoms with Crippen LogP contribution in [-0.2, 0) is 4.79 Å². The molecule has 3 nitrogen and oxygen atoms in total. The van der Waals surface area contributed by atoms with Gasteiger partial charge in [0.15, 0.2) is 0 Å². The SMILES string of the molecule is C=CC(=C)CCN(CC)CCCC(C)C(=O)O. The Morgan fingerprint density at radius 2 is 2.12 bits per heavy atom. The van der Waals surface area contributed by atoms with Gasteiger partial charge in [-0.1, -0.05) is 38.7 Å². The maximum atomic E-state index is 10.7. The van der Waals surface area contributed by atoms with Crippen molar-refractivity contribution in [2.24, 2.45) is 5.92 Å². The molecule has 0 saturated carbocycles. The normalized spacial score (nSPS) is 12.4. The quantitative estimate of drug-likeness (QED) is 0.596. The van der Waals surface area contributed by atoms with E-state index in [0.717, 1.165) is 44.5 Å². The van der Waals surface area contributed by atoms with Crippen molar-refractivity contribution in [3.05, 3.63) is 24.8 Å². The molecule has 98 valence electrons. The number of hydrogen-bond acceptors (Lipinski definition) is 2. The fourth-order valence-corrected chi connectivity index (χ4v) is 1.58. The van der Waals surface area contributed by atoms with Crippen LogP contribution >= 0.6 is 0 Å². The second kappa shape index (κ2) is 8.99. The van der Waals surface area contributed by atoms with Crippen molar-refractivity contribution in [1.82, 2.24) is 4.90 Å². The Kier molecular flexibility index (Phi) is 8.42. The molecule has 0 aliphatic heterocycles. The Labute approximate surface area is 105 Å². The third-order valence-electron chi connectivity index (χ3n) is 3.02. The van der Waals surface area contributed by atoms with Crippen LogP contribution < -0.4 is 0 Å². The van der Waals surface area contributed by atoms with Gasteiger partial charge in [0.1, 0.15) is 0 Å². The fraction of sp³-hybridized carbons (Fsp3) is 0.643. The summed E-state index contributed by atoms with van der Waals surface area (Å²) >= 11 is 0. The first-order chi connectivity index (χ1) is 8.01. The van der Waals surface area contributed by atoms with E-state index in [1.165, 1.54) is 0 Å². The second-order valence-electron chi connectivity index (χ2n) is 4.43. The van der Waals surface area contributed by atoms with Gasteiger partial charge in [0.05, 0.1) is 5.92 Å². The Morgan fingerprint density at radius 3 is 2.59 bits per heavy atom. The van der Waals surface area contributed by atoms with Crippen molar-refractivity contribution in [3.63, 3.8) is 0 Å². The number of carboxylic acids is 1. The summed E-state index contributed by atoms with van der Waals surface area (Å²) in [6.07, 6.45) is 4.41. The average Bonchev–Trinajstić information content (AvgIpc) is 2.32. The smallest absolute Gasteiger partial charge is 0.306 e. The zero-order valence-corrected chi connectivity index (χ0v) is 11.1. The third-order valence-corrected chi connectivity index (χ3v) is 3.02. The maximum absolute atomic E-state index is 10.7. The average molecular weight is 239 g/mol. The van der Waals surface area contributed by atoms with Gasteiger partial charge in [0.25, 0.3) is 0 Å². The molecule has 0 spiro atoms. The van der Waals surface area contributed by atoms with Gasteiger partial charge in [-0.15, -0.1) is 0 Å². The van der Waals surface area contributed by atoms with E-state index in [1.54, 1.807) is 13.0 Å². The lowest BCUT2D eigenvalue weighted by atomic mass is 10.1. The molecule has 0 bridgehead atoms. The number of hydrogen-bond donors (Lipinski definition) is 1. The van der Waals surface area contributed by atoms with Gasteiger partial charge < -0.3 is 10.0 Å². The highest BCUT2D eigenvalue weighted by atomic mass is 16.4. The van der Waals surface area contributed by atoms with Gasteiger partial charge in [0.2, 0.25) is 0 Å². The van der Waals surface area contributed by atoms with Gasteiger partial charge in [0, 0.05) is 6.54 Å². The Balaban J connectivity index is 3.78. The lowest BCUT2D eigenvalue weighted by Gasteiger charge is -2.20. The summed E-state index contributed by atoms with van der Waals surface area (Å²) in [6.45, 7) is 14.4. The standard InChI is InChI=1S/C14H25NO2/c1-5-12(3)9-11-15(6-2)10-7-8-13(4)14(16)17/h5,13H,1,3,6-11H2,2,4H3,(H,16,17). The summed E-state index contributed by atoms with van der Waals surface area (Å²) in [5, 5.41) is 8.78. The van der Waals surface area contributed by atoms with Crippen molar-refractivity contribution >= 4 is 5.97 Å². The van der Waals surface area contributed by atoms with E-state index in [2.05, 4.69) is 25.0 Å². The second-order valence-corrected chi connectivity index (χ2v) is 4.43. The third kappa shape index (κ3) is 7.75. The lowest BCUT2D eigenvalue weighted by Crippen LogP contribution is -2.26. The zero-order chi connectivity index (χ0) is 13.3. The summed E-state index contributed by atoms with van der Waals surface area (Å²) in [7, 11) is 0. The molecule has 17 heavy (non-hydrogen) atoms. The highest BCUT2D eigenvalue weighted by Crippen LogP contribution is 2.08. The van der Waals surface area contributed by atoms with Gasteiger partial charge in [-0.3, -0.25) is 4.79 Å². The molecule has 0 aromatic heterocycles. The van der Waals surface area contributed by atoms with E-state index < -0.39 is 5.97 Å². The predicted octanol–water partition coefficient (Wildman–Crippen LogP) is 2.94. The van der Waals surface area contributed by atoms with Crippen molar-refractivity contribution < 1.29 is 9.90 Å². The van der Waals surface area contributed by atoms with E-state index in [4.69, 9.17) is 5.11 Å². The molecule has 0 aliphatic carbocycles. The molecule has 0 saturated heterocycles. The van der Waals surface area contributed by atoms with Gasteiger partial charge in [-0.2, -0.15) is 0 Å². The van der Waals surface area contributed by atoms with Crippen LogP contribution in [0.15, 0.2) is 24.8 Å². The minimum Gasteiger partial charge on any atom is -0.481 e. The van der Waals surface area contributed by atoms with Crippen molar-refractivity contribution in [1.29, 1.82) is 0 Å².